The third-order valence-electron chi connectivity index (χ3n) is 3.36. The second-order valence-electron chi connectivity index (χ2n) is 4.89. The summed E-state index contributed by atoms with van der Waals surface area (Å²) < 4.78 is 25.2. The van der Waals surface area contributed by atoms with Gasteiger partial charge in [-0.3, -0.25) is 4.79 Å². The lowest BCUT2D eigenvalue weighted by molar-refractivity contribution is 0.102. The van der Waals surface area contributed by atoms with Gasteiger partial charge in [-0.05, 0) is 35.0 Å². The molecule has 5 heteroatoms. The molecule has 0 radical (unpaired) electrons. The molecule has 1 N–H and O–H groups in total. The monoisotopic (exact) mass is 329 g/mol. The molecule has 0 spiro atoms. The Labute approximate surface area is 136 Å². The number of halogens is 2. The van der Waals surface area contributed by atoms with Crippen molar-refractivity contribution in [2.24, 2.45) is 0 Å². The molecule has 0 heterocycles. The van der Waals surface area contributed by atoms with Gasteiger partial charge < -0.3 is 5.32 Å². The highest BCUT2D eigenvalue weighted by Crippen LogP contribution is 2.32. The van der Waals surface area contributed by atoms with Gasteiger partial charge >= 0.3 is 0 Å². The summed E-state index contributed by atoms with van der Waals surface area (Å²) in [7, 11) is 0. The lowest BCUT2D eigenvalue weighted by atomic mass is 10.1. The molecule has 116 valence electrons. The third-order valence-corrected chi connectivity index (χ3v) is 4.15. The summed E-state index contributed by atoms with van der Waals surface area (Å²) in [6, 6.07) is 19.6. The van der Waals surface area contributed by atoms with Crippen molar-refractivity contribution in [3.05, 3.63) is 72.3 Å². The van der Waals surface area contributed by atoms with Crippen LogP contribution in [0, 0.1) is 0 Å². The van der Waals surface area contributed by atoms with E-state index in [0.29, 0.717) is 27.9 Å². The molecule has 3 aromatic carbocycles. The summed E-state index contributed by atoms with van der Waals surface area (Å²) in [6.07, 6.45) is 0. The fraction of sp³-hybridized carbons (Fsp3) is 0.0556. The normalized spacial score (nSPS) is 10.9. The Kier molecular flexibility index (Phi) is 4.57. The van der Waals surface area contributed by atoms with Crippen LogP contribution in [0.1, 0.15) is 10.4 Å². The van der Waals surface area contributed by atoms with Crippen LogP contribution in [0.5, 0.6) is 0 Å². The third kappa shape index (κ3) is 3.68. The maximum atomic E-state index is 12.6. The quantitative estimate of drug-likeness (QED) is 0.649. The Balaban J connectivity index is 1.86. The summed E-state index contributed by atoms with van der Waals surface area (Å²) in [6.45, 7) is 0. The molecule has 0 atom stereocenters. The van der Waals surface area contributed by atoms with Gasteiger partial charge in [-0.2, -0.15) is 8.78 Å². The van der Waals surface area contributed by atoms with Gasteiger partial charge in [-0.15, -0.1) is 0 Å². The van der Waals surface area contributed by atoms with Gasteiger partial charge in [-0.1, -0.05) is 54.2 Å². The van der Waals surface area contributed by atoms with E-state index >= 15 is 0 Å². The zero-order valence-electron chi connectivity index (χ0n) is 12.0. The molecule has 3 aromatic rings. The fourth-order valence-corrected chi connectivity index (χ4v) is 2.89. The first kappa shape index (κ1) is 15.5. The van der Waals surface area contributed by atoms with E-state index in [0.717, 1.165) is 10.8 Å². The number of hydrogen-bond acceptors (Lipinski definition) is 2. The number of rotatable bonds is 4. The van der Waals surface area contributed by atoms with Crippen LogP contribution in [0.25, 0.3) is 10.8 Å². The first-order valence-electron chi connectivity index (χ1n) is 6.97. The number of thioether (sulfide) groups is 1. The number of carbonyl (C=O) groups excluding carboxylic acids is 1. The van der Waals surface area contributed by atoms with E-state index < -0.39 is 5.76 Å². The van der Waals surface area contributed by atoms with Crippen molar-refractivity contribution in [3.8, 4) is 0 Å². The van der Waals surface area contributed by atoms with Crippen molar-refractivity contribution in [2.75, 3.05) is 5.32 Å². The number of anilines is 1. The Morgan fingerprint density at radius 2 is 1.61 bits per heavy atom. The number of carbonyl (C=O) groups is 1. The minimum Gasteiger partial charge on any atom is -0.321 e. The largest absolute Gasteiger partial charge is 0.321 e. The second-order valence-corrected chi connectivity index (χ2v) is 5.92. The average Bonchev–Trinajstić information content (AvgIpc) is 2.55. The van der Waals surface area contributed by atoms with Crippen LogP contribution in [0.2, 0.25) is 0 Å². The molecule has 2 nitrogen and oxygen atoms in total. The van der Waals surface area contributed by atoms with Crippen LogP contribution in [0.4, 0.5) is 14.5 Å². The van der Waals surface area contributed by atoms with E-state index in [1.807, 2.05) is 30.3 Å². The van der Waals surface area contributed by atoms with E-state index in [1.54, 1.807) is 36.4 Å². The van der Waals surface area contributed by atoms with Crippen molar-refractivity contribution >= 4 is 34.1 Å². The lowest BCUT2D eigenvalue weighted by Gasteiger charge is -2.10. The van der Waals surface area contributed by atoms with Crippen molar-refractivity contribution in [1.82, 2.24) is 0 Å². The molecule has 0 saturated carbocycles. The Bertz CT molecular complexity index is 851. The Morgan fingerprint density at radius 3 is 2.39 bits per heavy atom. The van der Waals surface area contributed by atoms with Gasteiger partial charge in [0.25, 0.3) is 11.7 Å². The smallest absolute Gasteiger partial charge is 0.288 e. The summed E-state index contributed by atoms with van der Waals surface area (Å²) >= 11 is 0.417. The molecule has 0 fully saturated rings. The van der Waals surface area contributed by atoms with Crippen molar-refractivity contribution in [1.29, 1.82) is 0 Å². The molecular weight excluding hydrogens is 316 g/mol. The standard InChI is InChI=1S/C18H13F2NOS/c19-18(20)23-16-8-4-3-7-15(16)21-17(22)14-10-9-12-5-1-2-6-13(12)11-14/h1-11,18H,(H,21,22). The summed E-state index contributed by atoms with van der Waals surface area (Å²) in [4.78, 5) is 12.7. The summed E-state index contributed by atoms with van der Waals surface area (Å²) in [5.41, 5.74) is 0.872. The van der Waals surface area contributed by atoms with Gasteiger partial charge in [-0.25, -0.2) is 0 Å². The number of amides is 1. The van der Waals surface area contributed by atoms with E-state index in [1.165, 1.54) is 0 Å². The molecule has 0 aliphatic rings. The molecule has 3 rings (SSSR count). The average molecular weight is 329 g/mol. The number of nitrogens with one attached hydrogen (secondary N) is 1. The van der Waals surface area contributed by atoms with E-state index in [2.05, 4.69) is 5.32 Å². The zero-order chi connectivity index (χ0) is 16.2. The number of para-hydroxylation sites is 1. The van der Waals surface area contributed by atoms with Crippen LogP contribution in [0.15, 0.2) is 71.6 Å². The van der Waals surface area contributed by atoms with E-state index in [4.69, 9.17) is 0 Å². The van der Waals surface area contributed by atoms with E-state index in [-0.39, 0.29) is 5.91 Å². The van der Waals surface area contributed by atoms with Gasteiger partial charge in [0.2, 0.25) is 0 Å². The highest BCUT2D eigenvalue weighted by atomic mass is 32.2. The number of alkyl halides is 2. The van der Waals surface area contributed by atoms with Crippen LogP contribution in [0.3, 0.4) is 0 Å². The van der Waals surface area contributed by atoms with E-state index in [9.17, 15) is 13.6 Å². The zero-order valence-corrected chi connectivity index (χ0v) is 12.8. The molecule has 0 aliphatic heterocycles. The van der Waals surface area contributed by atoms with Gasteiger partial charge in [0.15, 0.2) is 0 Å². The maximum absolute atomic E-state index is 12.6. The molecule has 1 amide bonds. The first-order valence-corrected chi connectivity index (χ1v) is 7.85. The van der Waals surface area contributed by atoms with Crippen molar-refractivity contribution in [3.63, 3.8) is 0 Å². The molecule has 0 saturated heterocycles. The van der Waals surface area contributed by atoms with Crippen LogP contribution >= 0.6 is 11.8 Å². The topological polar surface area (TPSA) is 29.1 Å². The Morgan fingerprint density at radius 1 is 0.913 bits per heavy atom. The molecule has 0 unspecified atom stereocenters. The van der Waals surface area contributed by atoms with Crippen LogP contribution in [-0.4, -0.2) is 11.7 Å². The lowest BCUT2D eigenvalue weighted by Crippen LogP contribution is -2.12. The molecule has 0 bridgehead atoms. The van der Waals surface area contributed by atoms with Crippen molar-refractivity contribution in [2.45, 2.75) is 10.7 Å². The van der Waals surface area contributed by atoms with Gasteiger partial charge in [0.1, 0.15) is 0 Å². The molecule has 0 aliphatic carbocycles. The highest BCUT2D eigenvalue weighted by molar-refractivity contribution is 7.99. The SMILES string of the molecule is O=C(Nc1ccccc1SC(F)F)c1ccc2ccccc2c1. The second kappa shape index (κ2) is 6.79. The maximum Gasteiger partial charge on any atom is 0.288 e. The minimum atomic E-state index is -2.53. The van der Waals surface area contributed by atoms with Gasteiger partial charge in [0.05, 0.1) is 5.69 Å². The number of benzene rings is 3. The fourth-order valence-electron chi connectivity index (χ4n) is 2.29. The Hall–Kier alpha value is -2.40. The summed E-state index contributed by atoms with van der Waals surface area (Å²) in [5.74, 6) is -2.85. The predicted octanol–water partition coefficient (Wildman–Crippen LogP) is 5.41. The predicted molar refractivity (Wildman–Crippen MR) is 90.2 cm³/mol. The number of hydrogen-bond donors (Lipinski definition) is 1. The minimum absolute atomic E-state index is 0.321. The van der Waals surface area contributed by atoms with Crippen LogP contribution < -0.4 is 5.32 Å². The molecule has 0 aromatic heterocycles. The van der Waals surface area contributed by atoms with Crippen LogP contribution in [-0.2, 0) is 0 Å². The first-order chi connectivity index (χ1) is 11.1. The molecule has 23 heavy (non-hydrogen) atoms. The summed E-state index contributed by atoms with van der Waals surface area (Å²) in [5, 5.41) is 4.70. The van der Waals surface area contributed by atoms with Gasteiger partial charge in [0, 0.05) is 10.5 Å². The number of fused-ring (bicyclic) bond motifs is 1. The molecular formula is C18H13F2NOS. The highest BCUT2D eigenvalue weighted by Gasteiger charge is 2.13. The van der Waals surface area contributed by atoms with Crippen molar-refractivity contribution < 1.29 is 13.6 Å².